The van der Waals surface area contributed by atoms with E-state index in [1.165, 1.54) is 37.8 Å². The van der Waals surface area contributed by atoms with E-state index in [-0.39, 0.29) is 22.7 Å². The van der Waals surface area contributed by atoms with E-state index in [1.807, 2.05) is 87.2 Å². The second-order valence-corrected chi connectivity index (χ2v) is 27.2. The van der Waals surface area contributed by atoms with Gasteiger partial charge in [-0.3, -0.25) is 0 Å². The van der Waals surface area contributed by atoms with Crippen molar-refractivity contribution in [1.82, 2.24) is 54.7 Å². The highest BCUT2D eigenvalue weighted by Crippen LogP contribution is 2.40. The maximum absolute atomic E-state index is 14.6. The molecule has 0 atom stereocenters. The quantitative estimate of drug-likeness (QED) is 0.141. The number of hydrogen-bond acceptors (Lipinski definition) is 14. The summed E-state index contributed by atoms with van der Waals surface area (Å²) in [6.07, 6.45) is 14.4. The Labute approximate surface area is 493 Å². The Balaban J connectivity index is 0.000000118. The van der Waals surface area contributed by atoms with Crippen LogP contribution in [0.3, 0.4) is 0 Å². The molecule has 0 radical (unpaired) electrons. The lowest BCUT2D eigenvalue weighted by Gasteiger charge is -2.48. The lowest BCUT2D eigenvalue weighted by Crippen LogP contribution is -2.61. The van der Waals surface area contributed by atoms with E-state index in [1.54, 1.807) is 43.6 Å². The second-order valence-electron chi connectivity index (χ2n) is 24.1. The minimum absolute atomic E-state index is 0.0823. The zero-order chi connectivity index (χ0) is 57.3. The summed E-state index contributed by atoms with van der Waals surface area (Å²) < 4.78 is 41.7. The number of nitrogens with zero attached hydrogens (tertiary/aromatic N) is 9. The van der Waals surface area contributed by atoms with Crippen molar-refractivity contribution in [3.63, 3.8) is 0 Å². The molecule has 18 heteroatoms. The molecule has 3 N–H and O–H groups in total. The maximum Gasteiger partial charge on any atom is 0.192 e. The van der Waals surface area contributed by atoms with Crippen LogP contribution in [-0.4, -0.2) is 89.1 Å². The van der Waals surface area contributed by atoms with Crippen LogP contribution in [0.5, 0.6) is 0 Å². The number of thiazole rings is 3. The highest BCUT2D eigenvalue weighted by atomic mass is 32.1. The van der Waals surface area contributed by atoms with Gasteiger partial charge in [0.25, 0.3) is 0 Å². The maximum atomic E-state index is 14.6. The average molecular weight is 1170 g/mol. The van der Waals surface area contributed by atoms with Gasteiger partial charge in [0.1, 0.15) is 5.52 Å². The number of imidazole rings is 2. The van der Waals surface area contributed by atoms with Crippen LogP contribution in [0, 0.1) is 32.4 Å². The fourth-order valence-electron chi connectivity index (χ4n) is 12.6. The van der Waals surface area contributed by atoms with E-state index in [2.05, 4.69) is 113 Å². The summed E-state index contributed by atoms with van der Waals surface area (Å²) in [5, 5.41) is 14.1. The summed E-state index contributed by atoms with van der Waals surface area (Å²) >= 11 is 5.32. The molecule has 11 heterocycles. The Morgan fingerprint density at radius 3 is 1.45 bits per heavy atom. The average Bonchev–Trinajstić information content (AvgIpc) is 4.53. The van der Waals surface area contributed by atoms with Crippen LogP contribution in [0.4, 0.5) is 13.9 Å². The van der Waals surface area contributed by atoms with Gasteiger partial charge in [0.15, 0.2) is 39.5 Å². The molecular formula is C65H68F2N12OS3. The van der Waals surface area contributed by atoms with E-state index in [0.717, 1.165) is 129 Å². The third-order valence-electron chi connectivity index (χ3n) is 16.3. The molecule has 0 saturated carbocycles. The standard InChI is InChI=1S/C25H30FN5S.C20H19FN4S.C20H19N3OS/c1-15-13-31-14-17(9-19(26)22(31)27-15)16-7-8-20-21(10-16)32-23(28-20)30(6)18-11-24(2,3)29-25(4,5)12-18;1-12-10-25-11-15(8-16(21)19(25)23-12)14-2-3-17-18(9-14)26-20(24-17)13-4-6-22-7-5-13;1-12-22-16-4-2-14(10-18(16)24-12)15-3-5-17-19(11-15)25-20(23-17)13-6-8-21-9-7-13/h7-10,13-14,18,29H,11-12H2,1-6H3;2-3,8-11,13,22H,4-7H2,1H3;2-5,10-11,13,21H,6-9H2,1H3. The zero-order valence-electron chi connectivity index (χ0n) is 48.1. The van der Waals surface area contributed by atoms with E-state index in [9.17, 15) is 8.78 Å². The number of nitrogens with one attached hydrogen (secondary N) is 3. The molecule has 8 aromatic heterocycles. The molecule has 0 spiro atoms. The van der Waals surface area contributed by atoms with Gasteiger partial charge in [-0.2, -0.15) is 0 Å². The summed E-state index contributed by atoms with van der Waals surface area (Å²) in [7, 11) is 2.16. The Hall–Kier alpha value is -7.06. The lowest BCUT2D eigenvalue weighted by molar-refractivity contribution is 0.161. The summed E-state index contributed by atoms with van der Waals surface area (Å²) in [5.74, 6) is 1.26. The molecular weight excluding hydrogens is 1100 g/mol. The van der Waals surface area contributed by atoms with Crippen molar-refractivity contribution in [2.24, 2.45) is 0 Å². The monoisotopic (exact) mass is 1170 g/mol. The van der Waals surface area contributed by atoms with Crippen molar-refractivity contribution >= 4 is 92.2 Å². The molecule has 3 aliphatic rings. The van der Waals surface area contributed by atoms with Crippen molar-refractivity contribution in [2.75, 3.05) is 38.1 Å². The normalized spacial score (nSPS) is 16.9. The highest BCUT2D eigenvalue weighted by molar-refractivity contribution is 7.22. The molecule has 3 fully saturated rings. The predicted molar refractivity (Wildman–Crippen MR) is 337 cm³/mol. The number of halogens is 2. The van der Waals surface area contributed by atoms with Gasteiger partial charge in [-0.1, -0.05) is 35.6 Å². The first-order chi connectivity index (χ1) is 39.9. The van der Waals surface area contributed by atoms with Crippen LogP contribution in [0.1, 0.15) is 105 Å². The van der Waals surface area contributed by atoms with Crippen molar-refractivity contribution in [3.05, 3.63) is 149 Å². The van der Waals surface area contributed by atoms with Crippen molar-refractivity contribution in [3.8, 4) is 33.4 Å². The molecule has 0 aliphatic carbocycles. The van der Waals surface area contributed by atoms with Crippen LogP contribution in [0.15, 0.2) is 114 Å². The van der Waals surface area contributed by atoms with E-state index < -0.39 is 0 Å². The second kappa shape index (κ2) is 22.2. The first kappa shape index (κ1) is 55.1. The van der Waals surface area contributed by atoms with Gasteiger partial charge in [0.05, 0.1) is 52.1 Å². The smallest absolute Gasteiger partial charge is 0.192 e. The van der Waals surface area contributed by atoms with Crippen molar-refractivity contribution in [1.29, 1.82) is 0 Å². The summed E-state index contributed by atoms with van der Waals surface area (Å²) in [6.45, 7) is 19.1. The molecule has 83 heavy (non-hydrogen) atoms. The first-order valence-electron chi connectivity index (χ1n) is 28.8. The number of piperidine rings is 3. The number of fused-ring (bicyclic) bond motifs is 6. The number of oxazole rings is 1. The topological polar surface area (TPSA) is 139 Å². The molecule has 3 saturated heterocycles. The first-order valence-corrected chi connectivity index (χ1v) is 31.2. The molecule has 15 rings (SSSR count). The summed E-state index contributed by atoms with van der Waals surface area (Å²) in [5.41, 5.74) is 13.4. The number of benzene rings is 4. The van der Waals surface area contributed by atoms with Crippen LogP contribution in [0.25, 0.3) is 86.4 Å². The third-order valence-corrected chi connectivity index (χ3v) is 19.8. The molecule has 0 unspecified atom stereocenters. The number of anilines is 1. The van der Waals surface area contributed by atoms with Crippen LogP contribution in [-0.2, 0) is 0 Å². The van der Waals surface area contributed by atoms with Gasteiger partial charge < -0.3 is 34.1 Å². The van der Waals surface area contributed by atoms with E-state index >= 15 is 0 Å². The zero-order valence-corrected chi connectivity index (χ0v) is 50.6. The number of pyridine rings is 2. The number of aryl methyl sites for hydroxylation is 3. The van der Waals surface area contributed by atoms with Gasteiger partial charge in [-0.05, 0) is 189 Å². The molecule has 0 bridgehead atoms. The lowest BCUT2D eigenvalue weighted by atomic mass is 9.79. The number of aromatic nitrogens is 8. The highest BCUT2D eigenvalue weighted by Gasteiger charge is 2.40. The molecule has 4 aromatic carbocycles. The Morgan fingerprint density at radius 2 is 0.952 bits per heavy atom. The number of hydrogen-bond donors (Lipinski definition) is 3. The van der Waals surface area contributed by atoms with E-state index in [4.69, 9.17) is 19.4 Å². The van der Waals surface area contributed by atoms with Crippen LogP contribution < -0.4 is 20.9 Å². The Morgan fingerprint density at radius 1 is 0.518 bits per heavy atom. The van der Waals surface area contributed by atoms with Gasteiger partial charge in [-0.25, -0.2) is 38.7 Å². The summed E-state index contributed by atoms with van der Waals surface area (Å²) in [6, 6.07) is 28.7. The van der Waals surface area contributed by atoms with Gasteiger partial charge in [-0.15, -0.1) is 22.7 Å². The molecule has 426 valence electrons. The minimum atomic E-state index is -0.309. The Kier molecular flexibility index (Phi) is 14.7. The van der Waals surface area contributed by atoms with E-state index in [0.29, 0.717) is 35.1 Å². The largest absolute Gasteiger partial charge is 0.441 e. The van der Waals surface area contributed by atoms with Crippen molar-refractivity contribution < 1.29 is 13.2 Å². The van der Waals surface area contributed by atoms with Crippen LogP contribution in [0.2, 0.25) is 0 Å². The number of rotatable bonds is 7. The fraction of sp³-hybridized carbons (Fsp3) is 0.354. The van der Waals surface area contributed by atoms with Gasteiger partial charge in [0, 0.05) is 78.8 Å². The summed E-state index contributed by atoms with van der Waals surface area (Å²) in [4.78, 5) is 29.9. The molecule has 13 nitrogen and oxygen atoms in total. The SMILES string of the molecule is Cc1cn2cc(-c3ccc4nc(C5CCNCC5)sc4c3)cc(F)c2n1.Cc1cn2cc(-c3ccc4nc(N(C)C5CC(C)(C)NC(C)(C)C5)sc4c3)cc(F)c2n1.Cc1nc2ccc(-c3ccc4nc(C5CCNCC5)sc4c3)cc2o1. The minimum Gasteiger partial charge on any atom is -0.441 e. The molecule has 3 aliphatic heterocycles. The fourth-order valence-corrected chi connectivity index (χ4v) is 16.0. The van der Waals surface area contributed by atoms with Crippen LogP contribution >= 0.6 is 34.0 Å². The van der Waals surface area contributed by atoms with Crippen molar-refractivity contribution in [2.45, 2.75) is 116 Å². The Bertz CT molecular complexity index is 4350. The van der Waals surface area contributed by atoms with Gasteiger partial charge >= 0.3 is 0 Å². The van der Waals surface area contributed by atoms with Gasteiger partial charge in [0.2, 0.25) is 0 Å². The predicted octanol–water partition coefficient (Wildman–Crippen LogP) is 15.2. The molecule has 12 aromatic rings. The molecule has 0 amide bonds. The third kappa shape index (κ3) is 11.7.